The molecule has 0 radical (unpaired) electrons. The van der Waals surface area contributed by atoms with Crippen LogP contribution < -0.4 is 15.8 Å². The van der Waals surface area contributed by atoms with Crippen molar-refractivity contribution >= 4 is 5.91 Å². The van der Waals surface area contributed by atoms with Crippen LogP contribution in [0.1, 0.15) is 48.4 Å². The Labute approximate surface area is 138 Å². The van der Waals surface area contributed by atoms with Crippen LogP contribution in [0.15, 0.2) is 0 Å². The van der Waals surface area contributed by atoms with Gasteiger partial charge in [-0.2, -0.15) is 0 Å². The van der Waals surface area contributed by atoms with Crippen molar-refractivity contribution in [2.75, 3.05) is 13.1 Å². The average Bonchev–Trinajstić information content (AvgIpc) is 2.54. The third kappa shape index (κ3) is 3.29. The number of hydrogen-bond donors (Lipinski definition) is 3. The average molecular weight is 320 g/mol. The van der Waals surface area contributed by atoms with Gasteiger partial charge in [-0.25, -0.2) is 0 Å². The van der Waals surface area contributed by atoms with Crippen LogP contribution in [0.3, 0.4) is 0 Å². The van der Waals surface area contributed by atoms with Gasteiger partial charge in [0.15, 0.2) is 5.60 Å². The second-order valence-electron chi connectivity index (χ2n) is 6.62. The van der Waals surface area contributed by atoms with Gasteiger partial charge in [0.2, 0.25) is 0 Å². The van der Waals surface area contributed by atoms with Crippen LogP contribution in [0.25, 0.3) is 0 Å². The number of unbranched alkanes of at least 4 members (excludes halogenated alkanes) is 1. The molecule has 0 bridgehead atoms. The molecular formula is C18H28N2O3. The molecule has 1 heterocycles. The number of aromatic hydroxyl groups is 1. The molecule has 1 aliphatic rings. The van der Waals surface area contributed by atoms with Gasteiger partial charge >= 0.3 is 0 Å². The Kier molecular flexibility index (Phi) is 5.19. The maximum Gasteiger partial charge on any atom is 0.263 e. The predicted molar refractivity (Wildman–Crippen MR) is 91.0 cm³/mol. The molecule has 1 aliphatic heterocycles. The summed E-state index contributed by atoms with van der Waals surface area (Å²) >= 11 is 0. The molecule has 2 rings (SSSR count). The lowest BCUT2D eigenvalue weighted by Crippen LogP contribution is -2.51. The number of ether oxygens (including phenoxy) is 1. The smallest absolute Gasteiger partial charge is 0.263 e. The number of carbonyl (C=O) groups is 1. The van der Waals surface area contributed by atoms with E-state index in [2.05, 4.69) is 5.32 Å². The van der Waals surface area contributed by atoms with E-state index < -0.39 is 5.60 Å². The Hall–Kier alpha value is -1.75. The summed E-state index contributed by atoms with van der Waals surface area (Å²) in [4.78, 5) is 12.5. The summed E-state index contributed by atoms with van der Waals surface area (Å²) in [6.07, 6.45) is 3.10. The van der Waals surface area contributed by atoms with E-state index in [4.69, 9.17) is 10.5 Å². The number of fused-ring (bicyclic) bond motifs is 1. The zero-order chi connectivity index (χ0) is 17.2. The minimum atomic E-state index is -0.865. The quantitative estimate of drug-likeness (QED) is 0.727. The molecule has 1 amide bonds. The SMILES string of the molecule is Cc1c(C)c2c(c(C)c1O)CCC(C)(C(=O)NCCCCN)O2. The monoisotopic (exact) mass is 320 g/mol. The van der Waals surface area contributed by atoms with E-state index in [0.717, 1.165) is 47.3 Å². The normalized spacial score (nSPS) is 19.9. The summed E-state index contributed by atoms with van der Waals surface area (Å²) in [6.45, 7) is 8.80. The molecule has 5 nitrogen and oxygen atoms in total. The van der Waals surface area contributed by atoms with Gasteiger partial charge in [-0.15, -0.1) is 0 Å². The molecule has 1 unspecified atom stereocenters. The number of phenols is 1. The first-order valence-corrected chi connectivity index (χ1v) is 8.30. The third-order valence-electron chi connectivity index (χ3n) is 4.92. The van der Waals surface area contributed by atoms with Gasteiger partial charge in [0.25, 0.3) is 5.91 Å². The molecule has 0 aliphatic carbocycles. The largest absolute Gasteiger partial charge is 0.507 e. The number of nitrogens with two attached hydrogens (primary N) is 1. The van der Waals surface area contributed by atoms with Crippen molar-refractivity contribution in [1.29, 1.82) is 0 Å². The van der Waals surface area contributed by atoms with Gasteiger partial charge in [0.1, 0.15) is 11.5 Å². The summed E-state index contributed by atoms with van der Waals surface area (Å²) in [7, 11) is 0. The Balaban J connectivity index is 2.20. The van der Waals surface area contributed by atoms with Crippen LogP contribution >= 0.6 is 0 Å². The molecule has 128 valence electrons. The van der Waals surface area contributed by atoms with Gasteiger partial charge in [0, 0.05) is 18.5 Å². The van der Waals surface area contributed by atoms with E-state index in [1.807, 2.05) is 27.7 Å². The molecule has 0 spiro atoms. The number of hydrogen-bond acceptors (Lipinski definition) is 4. The van der Waals surface area contributed by atoms with Crippen molar-refractivity contribution < 1.29 is 14.6 Å². The molecule has 5 heteroatoms. The number of nitrogens with one attached hydrogen (secondary N) is 1. The van der Waals surface area contributed by atoms with Crippen LogP contribution in [0, 0.1) is 20.8 Å². The summed E-state index contributed by atoms with van der Waals surface area (Å²) < 4.78 is 6.14. The maximum atomic E-state index is 12.5. The molecule has 0 saturated heterocycles. The number of rotatable bonds is 5. The van der Waals surface area contributed by atoms with Gasteiger partial charge in [-0.05, 0) is 70.2 Å². The van der Waals surface area contributed by atoms with Gasteiger partial charge < -0.3 is 20.9 Å². The fourth-order valence-electron chi connectivity index (χ4n) is 3.07. The molecule has 4 N–H and O–H groups in total. The van der Waals surface area contributed by atoms with E-state index in [1.54, 1.807) is 0 Å². The zero-order valence-corrected chi connectivity index (χ0v) is 14.6. The van der Waals surface area contributed by atoms with Gasteiger partial charge in [-0.3, -0.25) is 4.79 Å². The van der Waals surface area contributed by atoms with Crippen molar-refractivity contribution in [2.24, 2.45) is 5.73 Å². The maximum absolute atomic E-state index is 12.5. The lowest BCUT2D eigenvalue weighted by molar-refractivity contribution is -0.136. The van der Waals surface area contributed by atoms with Crippen LogP contribution in [-0.4, -0.2) is 29.7 Å². The first-order chi connectivity index (χ1) is 10.8. The molecule has 23 heavy (non-hydrogen) atoms. The number of benzene rings is 1. The molecular weight excluding hydrogens is 292 g/mol. The van der Waals surface area contributed by atoms with Gasteiger partial charge in [-0.1, -0.05) is 0 Å². The van der Waals surface area contributed by atoms with E-state index in [-0.39, 0.29) is 5.91 Å². The van der Waals surface area contributed by atoms with Crippen molar-refractivity contribution in [2.45, 2.75) is 59.0 Å². The first kappa shape index (κ1) is 17.6. The van der Waals surface area contributed by atoms with Gasteiger partial charge in [0.05, 0.1) is 0 Å². The first-order valence-electron chi connectivity index (χ1n) is 8.30. The highest BCUT2D eigenvalue weighted by Gasteiger charge is 2.40. The van der Waals surface area contributed by atoms with E-state index >= 15 is 0 Å². The van der Waals surface area contributed by atoms with Crippen molar-refractivity contribution in [1.82, 2.24) is 5.32 Å². The van der Waals surface area contributed by atoms with E-state index in [9.17, 15) is 9.90 Å². The molecule has 0 fully saturated rings. The topological polar surface area (TPSA) is 84.6 Å². The molecule has 0 saturated carbocycles. The summed E-state index contributed by atoms with van der Waals surface area (Å²) in [5.74, 6) is 1.01. The summed E-state index contributed by atoms with van der Waals surface area (Å²) in [5, 5.41) is 13.2. The molecule has 1 aromatic carbocycles. The highest BCUT2D eigenvalue weighted by atomic mass is 16.5. The Morgan fingerprint density at radius 2 is 1.96 bits per heavy atom. The lowest BCUT2D eigenvalue weighted by atomic mass is 9.86. The Morgan fingerprint density at radius 1 is 1.26 bits per heavy atom. The second kappa shape index (κ2) is 6.79. The number of phenolic OH excluding ortho intramolecular Hbond substituents is 1. The Bertz CT molecular complexity index is 613. The zero-order valence-electron chi connectivity index (χ0n) is 14.6. The van der Waals surface area contributed by atoms with E-state index in [1.165, 1.54) is 0 Å². The second-order valence-corrected chi connectivity index (χ2v) is 6.62. The predicted octanol–water partition coefficient (Wildman–Crippen LogP) is 2.26. The molecule has 1 aromatic rings. The summed E-state index contributed by atoms with van der Waals surface area (Å²) in [5.41, 5.74) is 8.19. The van der Waals surface area contributed by atoms with Crippen molar-refractivity contribution in [3.05, 3.63) is 22.3 Å². The number of amides is 1. The molecule has 0 aromatic heterocycles. The minimum Gasteiger partial charge on any atom is -0.507 e. The summed E-state index contributed by atoms with van der Waals surface area (Å²) in [6, 6.07) is 0. The Morgan fingerprint density at radius 3 is 2.61 bits per heavy atom. The third-order valence-corrected chi connectivity index (χ3v) is 4.92. The highest BCUT2D eigenvalue weighted by Crippen LogP contribution is 2.43. The van der Waals surface area contributed by atoms with E-state index in [0.29, 0.717) is 25.3 Å². The molecule has 1 atom stereocenters. The number of carbonyl (C=O) groups excluding carboxylic acids is 1. The standard InChI is InChI=1S/C18H28N2O3/c1-11-12(2)16-14(13(3)15(11)21)7-8-18(4,23-16)17(22)20-10-6-5-9-19/h21H,5-10,19H2,1-4H3,(H,20,22). The fraction of sp³-hybridized carbons (Fsp3) is 0.611. The van der Waals surface area contributed by atoms with Crippen molar-refractivity contribution in [3.63, 3.8) is 0 Å². The highest BCUT2D eigenvalue weighted by molar-refractivity contribution is 5.85. The lowest BCUT2D eigenvalue weighted by Gasteiger charge is -2.36. The van der Waals surface area contributed by atoms with Crippen LogP contribution in [-0.2, 0) is 11.2 Å². The van der Waals surface area contributed by atoms with Crippen molar-refractivity contribution in [3.8, 4) is 11.5 Å². The van der Waals surface area contributed by atoms with Crippen LogP contribution in [0.4, 0.5) is 0 Å². The van der Waals surface area contributed by atoms with Crippen LogP contribution in [0.5, 0.6) is 11.5 Å². The minimum absolute atomic E-state index is 0.0806. The fourth-order valence-corrected chi connectivity index (χ4v) is 3.07. The van der Waals surface area contributed by atoms with Crippen LogP contribution in [0.2, 0.25) is 0 Å².